The standard InChI is InChI=1S/C68H119N3O14/c1-69(47-49-70(43-22-23-51-79-62(72)36-18-14-32-58-24-6-2-7-25-58)44-40-66(76)83-55-52-80-63(73)37-19-15-33-59-26-8-3-9-27-59)48-50-71(45-41-67(77)84-56-53-81-64(74)38-20-16-34-60-28-10-4-11-29-60)46-42-68(78)85-57-54-82-65(75)39-21-17-35-61-30-12-5-13-31-61/h58-61H,2-57H2,1H3. The van der Waals surface area contributed by atoms with E-state index in [4.69, 9.17) is 33.2 Å². The lowest BCUT2D eigenvalue weighted by Crippen LogP contribution is -2.40. The number of carbonyl (C=O) groups is 7. The van der Waals surface area contributed by atoms with Crippen molar-refractivity contribution >= 4 is 41.8 Å². The molecule has 490 valence electrons. The van der Waals surface area contributed by atoms with Crippen LogP contribution in [0.1, 0.15) is 263 Å². The zero-order valence-corrected chi connectivity index (χ0v) is 53.5. The Bertz CT molecular complexity index is 1720. The Morgan fingerprint density at radius 2 is 0.506 bits per heavy atom. The molecule has 4 aliphatic carbocycles. The lowest BCUT2D eigenvalue weighted by atomic mass is 9.86. The Morgan fingerprint density at radius 3 is 0.788 bits per heavy atom. The fraction of sp³-hybridized carbons (Fsp3) is 0.897. The average Bonchev–Trinajstić information content (AvgIpc) is 3.52. The van der Waals surface area contributed by atoms with E-state index in [2.05, 4.69) is 9.80 Å². The van der Waals surface area contributed by atoms with Crippen molar-refractivity contribution in [2.75, 3.05) is 106 Å². The van der Waals surface area contributed by atoms with Crippen LogP contribution in [0.5, 0.6) is 0 Å². The van der Waals surface area contributed by atoms with E-state index in [9.17, 15) is 33.6 Å². The van der Waals surface area contributed by atoms with Crippen LogP contribution >= 0.6 is 0 Å². The van der Waals surface area contributed by atoms with Gasteiger partial charge in [0.15, 0.2) is 0 Å². The first-order valence-electron chi connectivity index (χ1n) is 34.7. The maximum absolute atomic E-state index is 12.9. The van der Waals surface area contributed by atoms with Crippen LogP contribution in [0.2, 0.25) is 0 Å². The van der Waals surface area contributed by atoms with E-state index in [1.54, 1.807) is 0 Å². The number of ether oxygens (including phenoxy) is 7. The zero-order valence-electron chi connectivity index (χ0n) is 53.5. The molecule has 0 aromatic carbocycles. The number of esters is 7. The molecule has 0 heterocycles. The Balaban J connectivity index is 1.19. The first-order valence-corrected chi connectivity index (χ1v) is 34.7. The van der Waals surface area contributed by atoms with Gasteiger partial charge in [0.1, 0.15) is 39.6 Å². The normalized spacial score (nSPS) is 16.6. The minimum absolute atomic E-state index is 0.00655. The highest BCUT2D eigenvalue weighted by Gasteiger charge is 2.20. The third-order valence-corrected chi connectivity index (χ3v) is 18.3. The molecule has 0 N–H and O–H groups in total. The van der Waals surface area contributed by atoms with Crippen LogP contribution in [0.15, 0.2) is 0 Å². The van der Waals surface area contributed by atoms with Gasteiger partial charge in [0, 0.05) is 71.5 Å². The van der Waals surface area contributed by atoms with Gasteiger partial charge >= 0.3 is 41.8 Å². The van der Waals surface area contributed by atoms with Gasteiger partial charge in [-0.1, -0.05) is 180 Å². The molecule has 0 radical (unpaired) electrons. The van der Waals surface area contributed by atoms with E-state index in [0.717, 1.165) is 81.5 Å². The third-order valence-electron chi connectivity index (χ3n) is 18.3. The van der Waals surface area contributed by atoms with Crippen molar-refractivity contribution in [1.29, 1.82) is 0 Å². The number of likely N-dealkylation sites (N-methyl/N-ethyl adjacent to an activating group) is 1. The smallest absolute Gasteiger partial charge is 0.307 e. The van der Waals surface area contributed by atoms with E-state index in [1.165, 1.54) is 154 Å². The van der Waals surface area contributed by atoms with Crippen molar-refractivity contribution in [2.45, 2.75) is 263 Å². The quantitative estimate of drug-likeness (QED) is 0.0317. The number of carbonyl (C=O) groups excluding carboxylic acids is 7. The van der Waals surface area contributed by atoms with Crippen LogP contribution in [0.25, 0.3) is 0 Å². The van der Waals surface area contributed by atoms with Crippen LogP contribution in [-0.4, -0.2) is 162 Å². The lowest BCUT2D eigenvalue weighted by molar-refractivity contribution is -0.153. The van der Waals surface area contributed by atoms with Gasteiger partial charge in [-0.15, -0.1) is 0 Å². The average molecular weight is 1200 g/mol. The van der Waals surface area contributed by atoms with E-state index in [0.29, 0.717) is 91.1 Å². The largest absolute Gasteiger partial charge is 0.466 e. The van der Waals surface area contributed by atoms with Gasteiger partial charge < -0.3 is 47.9 Å². The number of hydrogen-bond acceptors (Lipinski definition) is 17. The third kappa shape index (κ3) is 40.4. The molecule has 17 heteroatoms. The molecular formula is C68H119N3O14. The minimum Gasteiger partial charge on any atom is -0.466 e. The summed E-state index contributed by atoms with van der Waals surface area (Å²) >= 11 is 0. The van der Waals surface area contributed by atoms with E-state index < -0.39 is 11.9 Å². The second-order valence-electron chi connectivity index (χ2n) is 25.5. The Labute approximate surface area is 513 Å². The predicted molar refractivity (Wildman–Crippen MR) is 330 cm³/mol. The molecule has 0 bridgehead atoms. The number of hydrogen-bond donors (Lipinski definition) is 0. The zero-order chi connectivity index (χ0) is 60.6. The molecule has 4 fully saturated rings. The van der Waals surface area contributed by atoms with Crippen LogP contribution in [0.3, 0.4) is 0 Å². The highest BCUT2D eigenvalue weighted by Crippen LogP contribution is 2.31. The maximum Gasteiger partial charge on any atom is 0.307 e. The summed E-state index contributed by atoms with van der Waals surface area (Å²) in [5.41, 5.74) is 0. The van der Waals surface area contributed by atoms with Crippen LogP contribution < -0.4 is 0 Å². The topological polar surface area (TPSA) is 194 Å². The lowest BCUT2D eigenvalue weighted by Gasteiger charge is -2.28. The van der Waals surface area contributed by atoms with E-state index in [1.807, 2.05) is 11.9 Å². The van der Waals surface area contributed by atoms with Crippen molar-refractivity contribution < 1.29 is 66.7 Å². The summed E-state index contributed by atoms with van der Waals surface area (Å²) in [5.74, 6) is 1.03. The number of unbranched alkanes of at least 4 members (excludes halogenated alkanes) is 5. The summed E-state index contributed by atoms with van der Waals surface area (Å²) < 4.78 is 38.1. The number of rotatable bonds is 49. The van der Waals surface area contributed by atoms with Crippen molar-refractivity contribution in [3.63, 3.8) is 0 Å². The van der Waals surface area contributed by atoms with E-state index in [-0.39, 0.29) is 88.8 Å². The second kappa shape index (κ2) is 49.1. The molecule has 4 saturated carbocycles. The second-order valence-corrected chi connectivity index (χ2v) is 25.5. The molecule has 4 aliphatic rings. The summed E-state index contributed by atoms with van der Waals surface area (Å²) in [6.07, 6.45) is 41.9. The summed E-state index contributed by atoms with van der Waals surface area (Å²) in [5, 5.41) is 0. The van der Waals surface area contributed by atoms with Crippen molar-refractivity contribution in [3.8, 4) is 0 Å². The highest BCUT2D eigenvalue weighted by atomic mass is 16.6. The van der Waals surface area contributed by atoms with Crippen molar-refractivity contribution in [3.05, 3.63) is 0 Å². The fourth-order valence-electron chi connectivity index (χ4n) is 12.9. The molecule has 0 aromatic rings. The Kier molecular flexibility index (Phi) is 42.5. The van der Waals surface area contributed by atoms with Gasteiger partial charge in [-0.3, -0.25) is 33.6 Å². The van der Waals surface area contributed by atoms with Gasteiger partial charge in [-0.05, 0) is 75.8 Å². The summed E-state index contributed by atoms with van der Waals surface area (Å²) in [4.78, 5) is 94.9. The predicted octanol–water partition coefficient (Wildman–Crippen LogP) is 12.8. The molecule has 0 spiro atoms. The number of nitrogens with zero attached hydrogens (tertiary/aromatic N) is 3. The molecule has 85 heavy (non-hydrogen) atoms. The van der Waals surface area contributed by atoms with E-state index >= 15 is 0 Å². The van der Waals surface area contributed by atoms with Gasteiger partial charge in [0.2, 0.25) is 0 Å². The molecule has 0 atom stereocenters. The van der Waals surface area contributed by atoms with Gasteiger partial charge in [0.05, 0.1) is 25.9 Å². The summed E-state index contributed by atoms with van der Waals surface area (Å²) in [6.45, 7) is 4.65. The van der Waals surface area contributed by atoms with Gasteiger partial charge in [-0.25, -0.2) is 0 Å². The molecule has 0 saturated heterocycles. The Hall–Kier alpha value is -3.83. The SMILES string of the molecule is CN(CCN(CCCCOC(=O)CCCCC1CCCCC1)CCC(=O)OCCOC(=O)CCCCC1CCCCC1)CCN(CCC(=O)OCCOC(=O)CCCCC1CCCCC1)CCC(=O)OCCOC(=O)CCCCC1CCCCC1. The van der Waals surface area contributed by atoms with Crippen molar-refractivity contribution in [1.82, 2.24) is 14.7 Å². The first kappa shape index (κ1) is 73.6. The van der Waals surface area contributed by atoms with Gasteiger partial charge in [-0.2, -0.15) is 0 Å². The molecule has 4 rings (SSSR count). The van der Waals surface area contributed by atoms with Gasteiger partial charge in [0.25, 0.3) is 0 Å². The minimum atomic E-state index is -0.426. The fourth-order valence-corrected chi connectivity index (χ4v) is 12.9. The molecule has 0 unspecified atom stereocenters. The van der Waals surface area contributed by atoms with Crippen LogP contribution in [0.4, 0.5) is 0 Å². The highest BCUT2D eigenvalue weighted by molar-refractivity contribution is 5.72. The molecular weight excluding hydrogens is 1080 g/mol. The molecule has 0 aliphatic heterocycles. The monoisotopic (exact) mass is 1200 g/mol. The summed E-state index contributed by atoms with van der Waals surface area (Å²) in [7, 11) is 2.01. The Morgan fingerprint density at radius 1 is 0.259 bits per heavy atom. The van der Waals surface area contributed by atoms with Crippen molar-refractivity contribution in [2.24, 2.45) is 23.7 Å². The molecule has 17 nitrogen and oxygen atoms in total. The maximum atomic E-state index is 12.9. The van der Waals surface area contributed by atoms with Crippen LogP contribution in [0, 0.1) is 23.7 Å². The van der Waals surface area contributed by atoms with Crippen LogP contribution in [-0.2, 0) is 66.7 Å². The molecule has 0 amide bonds. The first-order chi connectivity index (χ1) is 41.5. The summed E-state index contributed by atoms with van der Waals surface area (Å²) in [6, 6.07) is 0. The molecule has 0 aromatic heterocycles.